The second-order valence-corrected chi connectivity index (χ2v) is 14.1. The number of anilines is 3. The number of carbonyl (C=O) groups excluding carboxylic acids is 2. The Bertz CT molecular complexity index is 2240. The number of aromatic nitrogens is 1. The van der Waals surface area contributed by atoms with E-state index in [0.29, 0.717) is 42.0 Å². The molecule has 276 valence electrons. The Labute approximate surface area is 318 Å². The van der Waals surface area contributed by atoms with Crippen LogP contribution in [-0.4, -0.2) is 46.8 Å². The van der Waals surface area contributed by atoms with Gasteiger partial charge < -0.3 is 24.8 Å². The van der Waals surface area contributed by atoms with Crippen LogP contribution >= 0.6 is 0 Å². The highest BCUT2D eigenvalue weighted by atomic mass is 19.1. The Kier molecular flexibility index (Phi) is 10.3. The molecule has 0 radical (unpaired) electrons. The molecule has 0 bridgehead atoms. The molecule has 9 nitrogen and oxygen atoms in total. The van der Waals surface area contributed by atoms with E-state index in [1.165, 1.54) is 17.0 Å². The number of carbonyl (C=O) groups is 2. The Balaban J connectivity index is 1.10. The topological polar surface area (TPSA) is 121 Å². The molecule has 0 unspecified atom stereocenters. The van der Waals surface area contributed by atoms with Crippen molar-refractivity contribution < 1.29 is 33.5 Å². The minimum Gasteiger partial charge on any atom is -0.505 e. The van der Waals surface area contributed by atoms with Crippen LogP contribution in [0.2, 0.25) is 6.32 Å². The highest BCUT2D eigenvalue weighted by Crippen LogP contribution is 2.51. The smallest absolute Gasteiger partial charge is 0.455 e. The monoisotopic (exact) mass is 735 g/mol. The predicted molar refractivity (Wildman–Crippen MR) is 210 cm³/mol. The number of phenols is 1. The number of fused-ring (bicyclic) bond motifs is 3. The van der Waals surface area contributed by atoms with Crippen molar-refractivity contribution in [3.8, 4) is 11.5 Å². The van der Waals surface area contributed by atoms with Gasteiger partial charge in [0.05, 0.1) is 29.3 Å². The summed E-state index contributed by atoms with van der Waals surface area (Å²) in [6, 6.07) is 36.2. The zero-order valence-electron chi connectivity index (χ0n) is 29.9. The highest BCUT2D eigenvalue weighted by molar-refractivity contribution is 6.43. The molecule has 0 spiro atoms. The summed E-state index contributed by atoms with van der Waals surface area (Å²) in [5.41, 5.74) is 6.02. The van der Waals surface area contributed by atoms with Crippen molar-refractivity contribution in [2.45, 2.75) is 31.7 Å². The number of phenolic OH excluding ortho intramolecular Hbond substituents is 1. The summed E-state index contributed by atoms with van der Waals surface area (Å²) in [5, 5.41) is 24.3. The van der Waals surface area contributed by atoms with Crippen molar-refractivity contribution in [1.29, 1.82) is 0 Å². The van der Waals surface area contributed by atoms with E-state index in [0.717, 1.165) is 28.1 Å². The predicted octanol–water partition coefficient (Wildman–Crippen LogP) is 8.07. The van der Waals surface area contributed by atoms with Gasteiger partial charge in [0, 0.05) is 17.6 Å². The normalized spacial score (nSPS) is 21.0. The van der Waals surface area contributed by atoms with Gasteiger partial charge in [-0.25, -0.2) is 4.39 Å². The molecule has 0 saturated carbocycles. The number of halogens is 1. The number of nitrogens with zero attached hydrogens (tertiary/aromatic N) is 2. The average Bonchev–Trinajstić information content (AvgIpc) is 3.46. The molecule has 5 aromatic rings. The first-order valence-corrected chi connectivity index (χ1v) is 18.5. The maximum absolute atomic E-state index is 14.4. The zero-order chi connectivity index (χ0) is 37.9. The molecule has 8 rings (SSSR count). The van der Waals surface area contributed by atoms with Gasteiger partial charge in [-0.3, -0.25) is 19.5 Å². The number of amides is 2. The van der Waals surface area contributed by atoms with Crippen molar-refractivity contribution in [2.24, 2.45) is 17.8 Å². The van der Waals surface area contributed by atoms with Crippen molar-refractivity contribution >= 4 is 47.6 Å². The van der Waals surface area contributed by atoms with Gasteiger partial charge in [0.2, 0.25) is 11.8 Å². The number of nitrogens with one attached hydrogen (secondary N) is 1. The molecule has 4 atom stereocenters. The molecule has 2 saturated heterocycles. The van der Waals surface area contributed by atoms with Crippen molar-refractivity contribution in [1.82, 2.24) is 4.98 Å². The van der Waals surface area contributed by atoms with Crippen LogP contribution in [0.4, 0.5) is 21.5 Å². The highest BCUT2D eigenvalue weighted by Gasteiger charge is 2.57. The molecular weight excluding hydrogens is 696 g/mol. The van der Waals surface area contributed by atoms with Crippen LogP contribution in [0.25, 0.3) is 11.6 Å². The largest absolute Gasteiger partial charge is 0.505 e. The van der Waals surface area contributed by atoms with E-state index in [1.807, 2.05) is 97.1 Å². The van der Waals surface area contributed by atoms with Crippen LogP contribution in [0.1, 0.15) is 30.5 Å². The molecule has 1 aromatic heterocycles. The number of rotatable bonds is 11. The summed E-state index contributed by atoms with van der Waals surface area (Å²) in [5.74, 6) is -2.83. The number of para-hydroxylation sites is 2. The summed E-state index contributed by atoms with van der Waals surface area (Å²) in [7, 11) is -1.16. The van der Waals surface area contributed by atoms with Crippen molar-refractivity contribution in [3.63, 3.8) is 0 Å². The van der Waals surface area contributed by atoms with Gasteiger partial charge in [0.1, 0.15) is 12.4 Å². The van der Waals surface area contributed by atoms with E-state index >= 15 is 0 Å². The SMILES string of the molecule is O=C1[C@@H]2[C@@H](CC(COc3ccccc3)=C3[C@@H](CC/C(=C/c4ccc(O)c(F)c4)c4ccccn4)OB(O)C[C@@H]32)C(=O)N1c1ccc(Nc2ccccc2)cc1. The molecule has 55 heavy (non-hydrogen) atoms. The fourth-order valence-electron chi connectivity index (χ4n) is 8.15. The minimum absolute atomic E-state index is 0.157. The maximum atomic E-state index is 14.4. The van der Waals surface area contributed by atoms with Crippen LogP contribution in [0.5, 0.6) is 11.5 Å². The number of aromatic hydroxyl groups is 1. The third-order valence-corrected chi connectivity index (χ3v) is 10.6. The number of pyridine rings is 1. The number of benzene rings is 4. The Morgan fingerprint density at radius 2 is 1.64 bits per heavy atom. The lowest BCUT2D eigenvalue weighted by molar-refractivity contribution is -0.122. The molecule has 2 amide bonds. The molecule has 3 heterocycles. The van der Waals surface area contributed by atoms with E-state index < -0.39 is 42.5 Å². The Morgan fingerprint density at radius 3 is 2.36 bits per heavy atom. The van der Waals surface area contributed by atoms with Crippen LogP contribution in [0.15, 0.2) is 139 Å². The molecule has 3 aliphatic rings. The second-order valence-electron chi connectivity index (χ2n) is 14.1. The third kappa shape index (κ3) is 7.67. The standard InChI is InChI=1S/C44H39BFN3O6/c46-37-24-28(14-20-39(37)50)23-29(38-13-7-8-22-47-38)15-21-40-41-30(27-54-34-11-5-2-6-12-34)25-35-42(36(41)26-45(53)55-40)44(52)49(43(35)51)33-18-16-32(17-19-33)48-31-9-3-1-4-10-31/h1-14,16-20,22-24,35-36,40,42,48,50,53H,15,21,25-27H2/b29-23-/t35-,36+,40-,42-/m1/s1. The maximum Gasteiger partial charge on any atom is 0.455 e. The van der Waals surface area contributed by atoms with E-state index in [9.17, 15) is 24.1 Å². The van der Waals surface area contributed by atoms with Crippen LogP contribution in [0.3, 0.4) is 0 Å². The first kappa shape index (κ1) is 36.0. The zero-order valence-corrected chi connectivity index (χ0v) is 29.9. The summed E-state index contributed by atoms with van der Waals surface area (Å²) in [6.07, 6.45) is 4.20. The number of allylic oxidation sites excluding steroid dienone is 1. The summed E-state index contributed by atoms with van der Waals surface area (Å²) < 4.78 is 26.9. The molecule has 11 heteroatoms. The minimum atomic E-state index is -1.16. The third-order valence-electron chi connectivity index (χ3n) is 10.6. The summed E-state index contributed by atoms with van der Waals surface area (Å²) in [6.45, 7) is 0.187. The lowest BCUT2D eigenvalue weighted by atomic mass is 9.58. The summed E-state index contributed by atoms with van der Waals surface area (Å²) >= 11 is 0. The molecule has 2 fully saturated rings. The number of hydrogen-bond donors (Lipinski definition) is 3. The van der Waals surface area contributed by atoms with Gasteiger partial charge in [-0.05, 0) is 133 Å². The summed E-state index contributed by atoms with van der Waals surface area (Å²) in [4.78, 5) is 34.5. The quantitative estimate of drug-likeness (QED) is 0.0708. The Morgan fingerprint density at radius 1 is 0.909 bits per heavy atom. The second kappa shape index (κ2) is 15.7. The lowest BCUT2D eigenvalue weighted by Gasteiger charge is -2.43. The number of hydrogen-bond acceptors (Lipinski definition) is 8. The molecule has 3 N–H and O–H groups in total. The van der Waals surface area contributed by atoms with E-state index in [-0.39, 0.29) is 24.7 Å². The first-order valence-electron chi connectivity index (χ1n) is 18.5. The average molecular weight is 736 g/mol. The molecule has 2 aliphatic heterocycles. The van der Waals surface area contributed by atoms with Crippen molar-refractivity contribution in [3.05, 3.63) is 156 Å². The van der Waals surface area contributed by atoms with Crippen molar-refractivity contribution in [2.75, 3.05) is 16.8 Å². The molecule has 4 aromatic carbocycles. The fraction of sp³-hybridized carbons (Fsp3) is 0.205. The van der Waals surface area contributed by atoms with Crippen LogP contribution in [-0.2, 0) is 14.2 Å². The van der Waals surface area contributed by atoms with Gasteiger partial charge in [-0.2, -0.15) is 0 Å². The number of ether oxygens (including phenoxy) is 1. The van der Waals surface area contributed by atoms with E-state index in [4.69, 9.17) is 9.39 Å². The Hall–Kier alpha value is -6.04. The molecular formula is C44H39BFN3O6. The number of imide groups is 1. The lowest BCUT2D eigenvalue weighted by Crippen LogP contribution is -2.46. The van der Waals surface area contributed by atoms with Gasteiger partial charge >= 0.3 is 7.12 Å². The molecule has 1 aliphatic carbocycles. The van der Waals surface area contributed by atoms with Crippen LogP contribution in [0, 0.1) is 23.6 Å². The van der Waals surface area contributed by atoms with Gasteiger partial charge in [0.15, 0.2) is 11.6 Å². The van der Waals surface area contributed by atoms with Gasteiger partial charge in [0.25, 0.3) is 0 Å². The van der Waals surface area contributed by atoms with E-state index in [2.05, 4.69) is 10.3 Å². The van der Waals surface area contributed by atoms with Crippen LogP contribution < -0.4 is 15.0 Å². The van der Waals surface area contributed by atoms with E-state index in [1.54, 1.807) is 24.4 Å². The van der Waals surface area contributed by atoms with Gasteiger partial charge in [-0.15, -0.1) is 0 Å². The fourth-order valence-corrected chi connectivity index (χ4v) is 8.15. The first-order chi connectivity index (χ1) is 26.8. The van der Waals surface area contributed by atoms with Gasteiger partial charge in [-0.1, -0.05) is 48.5 Å².